The molecule has 1 saturated heterocycles. The summed E-state index contributed by atoms with van der Waals surface area (Å²) in [6, 6.07) is 0. The molecular weight excluding hydrogens is 344 g/mol. The van der Waals surface area contributed by atoms with E-state index in [0.717, 1.165) is 56.5 Å². The first kappa shape index (κ1) is 18.5. The van der Waals surface area contributed by atoms with Crippen LogP contribution in [0.2, 0.25) is 0 Å². The van der Waals surface area contributed by atoms with Gasteiger partial charge in [0, 0.05) is 37.7 Å². The van der Waals surface area contributed by atoms with Gasteiger partial charge >= 0.3 is 0 Å². The lowest BCUT2D eigenvalue weighted by molar-refractivity contribution is -0.151. The molecule has 0 atom stereocenters. The number of likely N-dealkylation sites (tertiary alicyclic amines) is 1. The summed E-state index contributed by atoms with van der Waals surface area (Å²) >= 11 is 0. The Bertz CT molecular complexity index is 702. The summed E-state index contributed by atoms with van der Waals surface area (Å²) in [4.78, 5) is 37.5. The summed E-state index contributed by atoms with van der Waals surface area (Å²) in [5, 5.41) is 0. The van der Waals surface area contributed by atoms with Crippen LogP contribution in [0.15, 0.2) is 6.33 Å². The van der Waals surface area contributed by atoms with Crippen molar-refractivity contribution in [2.75, 3.05) is 26.2 Å². The van der Waals surface area contributed by atoms with Gasteiger partial charge in [-0.05, 0) is 39.5 Å². The largest absolute Gasteiger partial charge is 0.369 e. The fourth-order valence-electron chi connectivity index (χ4n) is 4.64. The zero-order valence-corrected chi connectivity index (χ0v) is 16.4. The number of imidazole rings is 1. The van der Waals surface area contributed by atoms with Gasteiger partial charge < -0.3 is 19.5 Å². The molecular formula is C20H30N4O3. The van der Waals surface area contributed by atoms with E-state index in [2.05, 4.69) is 14.9 Å². The van der Waals surface area contributed by atoms with E-state index in [4.69, 9.17) is 4.74 Å². The third-order valence-electron chi connectivity index (χ3n) is 6.47. The molecule has 2 fully saturated rings. The van der Waals surface area contributed by atoms with E-state index in [-0.39, 0.29) is 36.0 Å². The number of nitrogens with zero attached hydrogens (tertiary/aromatic N) is 3. The molecule has 4 rings (SSSR count). The maximum atomic E-state index is 13.2. The average molecular weight is 374 g/mol. The molecule has 7 heteroatoms. The molecule has 0 unspecified atom stereocenters. The van der Waals surface area contributed by atoms with Gasteiger partial charge in [0.05, 0.1) is 23.7 Å². The smallest absolute Gasteiger partial charge is 0.248 e. The molecule has 3 heterocycles. The Balaban J connectivity index is 1.52. The first-order valence-electron chi connectivity index (χ1n) is 10.2. The van der Waals surface area contributed by atoms with Crippen LogP contribution in [0.5, 0.6) is 0 Å². The Labute approximate surface area is 160 Å². The molecule has 3 aliphatic rings. The molecule has 1 spiro atoms. The highest BCUT2D eigenvalue weighted by atomic mass is 16.5. The average Bonchev–Trinajstić information content (AvgIpc) is 3.09. The highest BCUT2D eigenvalue weighted by Gasteiger charge is 2.50. The lowest BCUT2D eigenvalue weighted by Gasteiger charge is -2.51. The molecule has 148 valence electrons. The number of piperidine rings is 1. The minimum Gasteiger partial charge on any atom is -0.369 e. The van der Waals surface area contributed by atoms with E-state index >= 15 is 0 Å². The number of amides is 2. The molecule has 7 nitrogen and oxygen atoms in total. The van der Waals surface area contributed by atoms with E-state index in [1.54, 1.807) is 6.33 Å². The van der Waals surface area contributed by atoms with Gasteiger partial charge in [-0.25, -0.2) is 4.98 Å². The van der Waals surface area contributed by atoms with Crippen molar-refractivity contribution in [2.45, 2.75) is 64.0 Å². The number of aromatic nitrogens is 2. The molecule has 1 aliphatic carbocycles. The fourth-order valence-corrected chi connectivity index (χ4v) is 4.64. The minimum absolute atomic E-state index is 0.0356. The van der Waals surface area contributed by atoms with Crippen molar-refractivity contribution < 1.29 is 14.3 Å². The summed E-state index contributed by atoms with van der Waals surface area (Å²) in [7, 11) is 0. The van der Waals surface area contributed by atoms with Crippen LogP contribution in [0.1, 0.15) is 57.3 Å². The normalized spacial score (nSPS) is 22.0. The second-order valence-corrected chi connectivity index (χ2v) is 8.37. The Morgan fingerprint density at radius 3 is 2.67 bits per heavy atom. The summed E-state index contributed by atoms with van der Waals surface area (Å²) in [6.45, 7) is 6.02. The van der Waals surface area contributed by atoms with Crippen LogP contribution in [0.3, 0.4) is 0 Å². The van der Waals surface area contributed by atoms with Crippen molar-refractivity contribution in [2.24, 2.45) is 5.92 Å². The molecule has 2 aliphatic heterocycles. The van der Waals surface area contributed by atoms with Gasteiger partial charge in [-0.3, -0.25) is 9.59 Å². The molecule has 0 bridgehead atoms. The van der Waals surface area contributed by atoms with Gasteiger partial charge in [0.2, 0.25) is 11.8 Å². The van der Waals surface area contributed by atoms with E-state index in [1.165, 1.54) is 0 Å². The molecule has 0 radical (unpaired) electrons. The SMILES string of the molecule is CC(C)OCC(=O)N1CCC2(CC1)c1nc[nH]c1CCN2C(=O)C1CCC1. The predicted molar refractivity (Wildman–Crippen MR) is 99.9 cm³/mol. The van der Waals surface area contributed by atoms with Crippen molar-refractivity contribution >= 4 is 11.8 Å². The quantitative estimate of drug-likeness (QED) is 0.872. The third-order valence-corrected chi connectivity index (χ3v) is 6.47. The number of nitrogens with one attached hydrogen (secondary N) is 1. The van der Waals surface area contributed by atoms with E-state index in [0.29, 0.717) is 13.1 Å². The number of hydrogen-bond acceptors (Lipinski definition) is 4. The van der Waals surface area contributed by atoms with Crippen molar-refractivity contribution in [3.63, 3.8) is 0 Å². The van der Waals surface area contributed by atoms with Gasteiger partial charge in [-0.15, -0.1) is 0 Å². The van der Waals surface area contributed by atoms with Crippen LogP contribution >= 0.6 is 0 Å². The van der Waals surface area contributed by atoms with Crippen LogP contribution < -0.4 is 0 Å². The third kappa shape index (κ3) is 3.26. The zero-order valence-electron chi connectivity index (χ0n) is 16.4. The first-order valence-corrected chi connectivity index (χ1v) is 10.2. The summed E-state index contributed by atoms with van der Waals surface area (Å²) in [5.41, 5.74) is 1.80. The van der Waals surface area contributed by atoms with Crippen molar-refractivity contribution in [3.8, 4) is 0 Å². The van der Waals surface area contributed by atoms with Crippen LogP contribution in [0.4, 0.5) is 0 Å². The van der Waals surface area contributed by atoms with Gasteiger partial charge in [-0.2, -0.15) is 0 Å². The van der Waals surface area contributed by atoms with E-state index in [9.17, 15) is 9.59 Å². The standard InChI is InChI=1S/C20H30N4O3/c1-14(2)27-12-17(25)23-10-7-20(8-11-23)18-16(21-13-22-18)6-9-24(20)19(26)15-4-3-5-15/h13-15H,3-12H2,1-2H3,(H,21,22). The fraction of sp³-hybridized carbons (Fsp3) is 0.750. The molecule has 2 amide bonds. The summed E-state index contributed by atoms with van der Waals surface area (Å²) < 4.78 is 5.48. The van der Waals surface area contributed by atoms with Crippen molar-refractivity contribution in [1.29, 1.82) is 0 Å². The second-order valence-electron chi connectivity index (χ2n) is 8.37. The summed E-state index contributed by atoms with van der Waals surface area (Å²) in [6.07, 6.45) is 7.30. The van der Waals surface area contributed by atoms with Gasteiger partial charge in [0.15, 0.2) is 0 Å². The zero-order chi connectivity index (χ0) is 19.0. The Morgan fingerprint density at radius 2 is 2.04 bits per heavy atom. The number of carbonyl (C=O) groups is 2. The molecule has 1 N–H and O–H groups in total. The topological polar surface area (TPSA) is 78.5 Å². The highest BCUT2D eigenvalue weighted by molar-refractivity contribution is 5.81. The molecule has 1 aromatic rings. The van der Waals surface area contributed by atoms with E-state index < -0.39 is 0 Å². The Morgan fingerprint density at radius 1 is 1.30 bits per heavy atom. The molecule has 1 aromatic heterocycles. The molecule has 27 heavy (non-hydrogen) atoms. The van der Waals surface area contributed by atoms with Gasteiger partial charge in [-0.1, -0.05) is 6.42 Å². The maximum Gasteiger partial charge on any atom is 0.248 e. The van der Waals surface area contributed by atoms with Crippen molar-refractivity contribution in [1.82, 2.24) is 19.8 Å². The number of hydrogen-bond donors (Lipinski definition) is 1. The number of H-pyrrole nitrogens is 1. The second kappa shape index (κ2) is 7.26. The molecule has 1 saturated carbocycles. The number of carbonyl (C=O) groups excluding carboxylic acids is 2. The van der Waals surface area contributed by atoms with Gasteiger partial charge in [0.1, 0.15) is 6.61 Å². The van der Waals surface area contributed by atoms with Crippen LogP contribution in [-0.2, 0) is 26.3 Å². The lowest BCUT2D eigenvalue weighted by Crippen LogP contribution is -2.60. The number of fused-ring (bicyclic) bond motifs is 2. The monoisotopic (exact) mass is 374 g/mol. The highest BCUT2D eigenvalue weighted by Crippen LogP contribution is 2.44. The van der Waals surface area contributed by atoms with Crippen LogP contribution in [-0.4, -0.2) is 63.9 Å². The van der Waals surface area contributed by atoms with Gasteiger partial charge in [0.25, 0.3) is 0 Å². The summed E-state index contributed by atoms with van der Waals surface area (Å²) in [5.74, 6) is 0.507. The predicted octanol–water partition coefficient (Wildman–Crippen LogP) is 1.84. The Hall–Kier alpha value is -1.89. The Kier molecular flexibility index (Phi) is 4.97. The number of rotatable bonds is 4. The van der Waals surface area contributed by atoms with Crippen LogP contribution in [0, 0.1) is 5.92 Å². The van der Waals surface area contributed by atoms with Crippen molar-refractivity contribution in [3.05, 3.63) is 17.7 Å². The number of ether oxygens (including phenoxy) is 1. The van der Waals surface area contributed by atoms with E-state index in [1.807, 2.05) is 18.7 Å². The number of aromatic amines is 1. The minimum atomic E-state index is -0.365. The van der Waals surface area contributed by atoms with Crippen LogP contribution in [0.25, 0.3) is 0 Å². The first-order chi connectivity index (χ1) is 13.0. The lowest BCUT2D eigenvalue weighted by atomic mass is 9.76. The maximum absolute atomic E-state index is 13.2. The molecule has 0 aromatic carbocycles.